The number of benzene rings is 2. The first-order chi connectivity index (χ1) is 9.70. The molecule has 0 aliphatic heterocycles. The van der Waals surface area contributed by atoms with E-state index in [0.717, 1.165) is 11.6 Å². The lowest BCUT2D eigenvalue weighted by atomic mass is 10.1. The summed E-state index contributed by atoms with van der Waals surface area (Å²) >= 11 is 0. The lowest BCUT2D eigenvalue weighted by Gasteiger charge is -2.16. The third-order valence-corrected chi connectivity index (χ3v) is 3.16. The van der Waals surface area contributed by atoms with Gasteiger partial charge in [0.15, 0.2) is 11.6 Å². The highest BCUT2D eigenvalue weighted by Gasteiger charge is 2.11. The van der Waals surface area contributed by atoms with Crippen LogP contribution in [0.25, 0.3) is 0 Å². The van der Waals surface area contributed by atoms with Gasteiger partial charge in [0.05, 0.1) is 6.61 Å². The summed E-state index contributed by atoms with van der Waals surface area (Å²) in [7, 11) is 0. The van der Waals surface area contributed by atoms with E-state index in [4.69, 9.17) is 0 Å². The van der Waals surface area contributed by atoms with Crippen LogP contribution in [0.15, 0.2) is 48.5 Å². The van der Waals surface area contributed by atoms with Crippen LogP contribution < -0.4 is 5.32 Å². The second kappa shape index (κ2) is 7.12. The summed E-state index contributed by atoms with van der Waals surface area (Å²) in [6.45, 7) is 0.119. The predicted octanol–water partition coefficient (Wildman–Crippen LogP) is 2.66. The number of halogens is 2. The van der Waals surface area contributed by atoms with Crippen molar-refractivity contribution in [1.82, 2.24) is 5.32 Å². The van der Waals surface area contributed by atoms with Gasteiger partial charge in [-0.2, -0.15) is 0 Å². The van der Waals surface area contributed by atoms with E-state index < -0.39 is 11.6 Å². The molecule has 2 nitrogen and oxygen atoms in total. The van der Waals surface area contributed by atoms with Crippen LogP contribution >= 0.6 is 0 Å². The zero-order valence-electron chi connectivity index (χ0n) is 11.0. The maximum absolute atomic E-state index is 13.5. The lowest BCUT2D eigenvalue weighted by molar-refractivity contribution is 0.240. The maximum Gasteiger partial charge on any atom is 0.163 e. The molecule has 0 aliphatic rings. The van der Waals surface area contributed by atoms with Crippen molar-refractivity contribution < 1.29 is 13.9 Å². The molecular formula is C16H17F2NO. The molecule has 0 aromatic heterocycles. The number of hydrogen-bond acceptors (Lipinski definition) is 2. The maximum atomic E-state index is 13.5. The fraction of sp³-hybridized carbons (Fsp3) is 0.250. The molecule has 0 heterocycles. The summed E-state index contributed by atoms with van der Waals surface area (Å²) in [5.41, 5.74) is 1.34. The van der Waals surface area contributed by atoms with Gasteiger partial charge in [-0.25, -0.2) is 8.78 Å². The lowest BCUT2D eigenvalue weighted by Crippen LogP contribution is -2.34. The fourth-order valence-electron chi connectivity index (χ4n) is 2.04. The van der Waals surface area contributed by atoms with Crippen molar-refractivity contribution in [2.75, 3.05) is 6.61 Å². The Morgan fingerprint density at radius 1 is 1.00 bits per heavy atom. The summed E-state index contributed by atoms with van der Waals surface area (Å²) in [4.78, 5) is 0. The van der Waals surface area contributed by atoms with Crippen LogP contribution in [0, 0.1) is 11.6 Å². The highest BCUT2D eigenvalue weighted by molar-refractivity contribution is 5.19. The van der Waals surface area contributed by atoms with Gasteiger partial charge in [0, 0.05) is 18.2 Å². The average Bonchev–Trinajstić information content (AvgIpc) is 2.48. The van der Waals surface area contributed by atoms with Gasteiger partial charge < -0.3 is 10.4 Å². The number of hydrogen-bond donors (Lipinski definition) is 2. The van der Waals surface area contributed by atoms with Crippen LogP contribution in [-0.2, 0) is 13.0 Å². The number of nitrogens with one attached hydrogen (secondary N) is 1. The van der Waals surface area contributed by atoms with E-state index in [0.29, 0.717) is 6.42 Å². The fourth-order valence-corrected chi connectivity index (χ4v) is 2.04. The summed E-state index contributed by atoms with van der Waals surface area (Å²) in [5, 5.41) is 12.4. The van der Waals surface area contributed by atoms with E-state index in [1.807, 2.05) is 30.3 Å². The van der Waals surface area contributed by atoms with Crippen LogP contribution in [0.1, 0.15) is 11.1 Å². The minimum absolute atomic E-state index is 0.0637. The van der Waals surface area contributed by atoms with E-state index >= 15 is 0 Å². The molecule has 106 valence electrons. The SMILES string of the molecule is OC[C@@H](Cc1ccccc1)NCc1cccc(F)c1F. The minimum atomic E-state index is -0.854. The molecule has 4 heteroatoms. The predicted molar refractivity (Wildman–Crippen MR) is 74.2 cm³/mol. The summed E-state index contributed by atoms with van der Waals surface area (Å²) in [6.07, 6.45) is 0.633. The summed E-state index contributed by atoms with van der Waals surface area (Å²) in [5.74, 6) is -1.69. The molecule has 0 fully saturated rings. The van der Waals surface area contributed by atoms with Gasteiger partial charge in [0.1, 0.15) is 0 Å². The van der Waals surface area contributed by atoms with Gasteiger partial charge in [-0.3, -0.25) is 0 Å². The van der Waals surface area contributed by atoms with E-state index in [-0.39, 0.29) is 24.8 Å². The van der Waals surface area contributed by atoms with Gasteiger partial charge >= 0.3 is 0 Å². The molecular weight excluding hydrogens is 260 g/mol. The molecule has 2 aromatic carbocycles. The minimum Gasteiger partial charge on any atom is -0.395 e. The molecule has 0 bridgehead atoms. The van der Waals surface area contributed by atoms with Crippen LogP contribution in [0.2, 0.25) is 0 Å². The van der Waals surface area contributed by atoms with Gasteiger partial charge in [0.25, 0.3) is 0 Å². The van der Waals surface area contributed by atoms with E-state index in [2.05, 4.69) is 5.32 Å². The molecule has 0 saturated heterocycles. The molecule has 0 aliphatic carbocycles. The molecule has 2 aromatic rings. The van der Waals surface area contributed by atoms with Crippen LogP contribution in [0.4, 0.5) is 8.78 Å². The van der Waals surface area contributed by atoms with Crippen molar-refractivity contribution >= 4 is 0 Å². The Balaban J connectivity index is 1.95. The van der Waals surface area contributed by atoms with E-state index in [1.165, 1.54) is 12.1 Å². The van der Waals surface area contributed by atoms with E-state index in [1.54, 1.807) is 0 Å². The normalized spacial score (nSPS) is 12.3. The Bertz CT molecular complexity index is 545. The van der Waals surface area contributed by atoms with Crippen molar-refractivity contribution in [2.24, 2.45) is 0 Å². The topological polar surface area (TPSA) is 32.3 Å². The molecule has 1 atom stereocenters. The quantitative estimate of drug-likeness (QED) is 0.851. The standard InChI is InChI=1S/C16H17F2NO/c17-15-8-4-7-13(16(15)18)10-19-14(11-20)9-12-5-2-1-3-6-12/h1-8,14,19-20H,9-11H2/t14-/m1/s1. The monoisotopic (exact) mass is 277 g/mol. The van der Waals surface area contributed by atoms with Gasteiger partial charge in [0.2, 0.25) is 0 Å². The van der Waals surface area contributed by atoms with Crippen molar-refractivity contribution in [3.05, 3.63) is 71.3 Å². The van der Waals surface area contributed by atoms with Gasteiger partial charge in [-0.1, -0.05) is 42.5 Å². The largest absolute Gasteiger partial charge is 0.395 e. The van der Waals surface area contributed by atoms with Crippen molar-refractivity contribution in [3.63, 3.8) is 0 Å². The highest BCUT2D eigenvalue weighted by atomic mass is 19.2. The van der Waals surface area contributed by atoms with Crippen LogP contribution in [-0.4, -0.2) is 17.8 Å². The van der Waals surface area contributed by atoms with Crippen LogP contribution in [0.3, 0.4) is 0 Å². The van der Waals surface area contributed by atoms with Gasteiger partial charge in [-0.15, -0.1) is 0 Å². The molecule has 0 radical (unpaired) electrons. The molecule has 2 rings (SSSR count). The number of aliphatic hydroxyl groups excluding tert-OH is 1. The molecule has 0 saturated carbocycles. The Kier molecular flexibility index (Phi) is 5.21. The van der Waals surface area contributed by atoms with Crippen LogP contribution in [0.5, 0.6) is 0 Å². The molecule has 0 amide bonds. The van der Waals surface area contributed by atoms with Crippen molar-refractivity contribution in [2.45, 2.75) is 19.0 Å². The first kappa shape index (κ1) is 14.6. The Labute approximate surface area is 117 Å². The highest BCUT2D eigenvalue weighted by Crippen LogP contribution is 2.11. The smallest absolute Gasteiger partial charge is 0.163 e. The second-order valence-corrected chi connectivity index (χ2v) is 4.66. The zero-order chi connectivity index (χ0) is 14.4. The third-order valence-electron chi connectivity index (χ3n) is 3.16. The Hall–Kier alpha value is -1.78. The van der Waals surface area contributed by atoms with Crippen molar-refractivity contribution in [1.29, 1.82) is 0 Å². The van der Waals surface area contributed by atoms with Crippen molar-refractivity contribution in [3.8, 4) is 0 Å². The molecule has 2 N–H and O–H groups in total. The first-order valence-electron chi connectivity index (χ1n) is 6.51. The Morgan fingerprint density at radius 3 is 2.45 bits per heavy atom. The summed E-state index contributed by atoms with van der Waals surface area (Å²) in [6, 6.07) is 13.6. The third kappa shape index (κ3) is 3.85. The molecule has 0 spiro atoms. The molecule has 0 unspecified atom stereocenters. The van der Waals surface area contributed by atoms with E-state index in [9.17, 15) is 13.9 Å². The molecule has 20 heavy (non-hydrogen) atoms. The summed E-state index contributed by atoms with van der Waals surface area (Å²) < 4.78 is 26.6. The number of rotatable bonds is 6. The Morgan fingerprint density at radius 2 is 1.75 bits per heavy atom. The first-order valence-corrected chi connectivity index (χ1v) is 6.51. The van der Waals surface area contributed by atoms with Gasteiger partial charge in [-0.05, 0) is 18.1 Å². The second-order valence-electron chi connectivity index (χ2n) is 4.66. The zero-order valence-corrected chi connectivity index (χ0v) is 11.0. The average molecular weight is 277 g/mol. The number of aliphatic hydroxyl groups is 1.